The summed E-state index contributed by atoms with van der Waals surface area (Å²) in [6, 6.07) is 2.02. The van der Waals surface area contributed by atoms with Crippen LogP contribution in [0.25, 0.3) is 0 Å². The molecule has 0 radical (unpaired) electrons. The van der Waals surface area contributed by atoms with Crippen LogP contribution in [-0.2, 0) is 11.2 Å². The van der Waals surface area contributed by atoms with Crippen molar-refractivity contribution >= 4 is 17.2 Å². The number of hydrogen-bond donors (Lipinski definition) is 1. The van der Waals surface area contributed by atoms with E-state index < -0.39 is 0 Å². The number of carbonyl (C=O) groups is 1. The molecule has 60 valence electrons. The van der Waals surface area contributed by atoms with Gasteiger partial charge in [-0.1, -0.05) is 6.92 Å². The molecule has 0 fully saturated rings. The largest absolute Gasteiger partial charge is 0.369 e. The Kier molecular flexibility index (Phi) is 2.65. The lowest BCUT2D eigenvalue weighted by molar-refractivity contribution is -0.121. The van der Waals surface area contributed by atoms with E-state index in [0.29, 0.717) is 0 Å². The molecule has 2 nitrogen and oxygen atoms in total. The Morgan fingerprint density at radius 2 is 2.55 bits per heavy atom. The van der Waals surface area contributed by atoms with Gasteiger partial charge in [-0.25, -0.2) is 0 Å². The minimum absolute atomic E-state index is 0.0513. The molecule has 0 aliphatic carbocycles. The lowest BCUT2D eigenvalue weighted by Gasteiger charge is -2.03. The van der Waals surface area contributed by atoms with E-state index >= 15 is 0 Å². The Labute approximate surface area is 70.0 Å². The fourth-order valence-corrected chi connectivity index (χ4v) is 1.54. The van der Waals surface area contributed by atoms with E-state index in [1.807, 2.05) is 23.8 Å². The third-order valence-corrected chi connectivity index (χ3v) is 2.34. The fourth-order valence-electron chi connectivity index (χ4n) is 0.863. The van der Waals surface area contributed by atoms with Crippen LogP contribution >= 0.6 is 11.3 Å². The SMILES string of the molecule is C[C@H](Cc1ccsc1)C(N)=O. The third-order valence-electron chi connectivity index (χ3n) is 1.61. The Morgan fingerprint density at radius 1 is 1.82 bits per heavy atom. The van der Waals surface area contributed by atoms with Gasteiger partial charge in [0.2, 0.25) is 5.91 Å². The topological polar surface area (TPSA) is 43.1 Å². The van der Waals surface area contributed by atoms with E-state index in [1.165, 1.54) is 5.56 Å². The molecular weight excluding hydrogens is 158 g/mol. The van der Waals surface area contributed by atoms with Crippen LogP contribution in [0, 0.1) is 5.92 Å². The van der Waals surface area contributed by atoms with Crippen LogP contribution in [0.4, 0.5) is 0 Å². The van der Waals surface area contributed by atoms with Gasteiger partial charge in [0, 0.05) is 5.92 Å². The van der Waals surface area contributed by atoms with Crippen molar-refractivity contribution in [2.24, 2.45) is 11.7 Å². The van der Waals surface area contributed by atoms with Crippen LogP contribution in [0.2, 0.25) is 0 Å². The molecule has 0 aliphatic heterocycles. The Balaban J connectivity index is 2.50. The zero-order valence-corrected chi connectivity index (χ0v) is 7.23. The van der Waals surface area contributed by atoms with Crippen LogP contribution < -0.4 is 5.73 Å². The highest BCUT2D eigenvalue weighted by Crippen LogP contribution is 2.11. The van der Waals surface area contributed by atoms with Crippen molar-refractivity contribution in [1.82, 2.24) is 0 Å². The molecule has 1 rings (SSSR count). The van der Waals surface area contributed by atoms with E-state index in [2.05, 4.69) is 0 Å². The monoisotopic (exact) mass is 169 g/mol. The summed E-state index contributed by atoms with van der Waals surface area (Å²) in [5, 5.41) is 4.04. The highest BCUT2D eigenvalue weighted by molar-refractivity contribution is 7.07. The van der Waals surface area contributed by atoms with Gasteiger partial charge < -0.3 is 5.73 Å². The number of rotatable bonds is 3. The van der Waals surface area contributed by atoms with Crippen LogP contribution in [0.3, 0.4) is 0 Å². The van der Waals surface area contributed by atoms with Gasteiger partial charge >= 0.3 is 0 Å². The summed E-state index contributed by atoms with van der Waals surface area (Å²) < 4.78 is 0. The average Bonchev–Trinajstić information content (AvgIpc) is 2.39. The molecule has 0 saturated heterocycles. The summed E-state index contributed by atoms with van der Waals surface area (Å²) >= 11 is 1.64. The molecule has 2 N–H and O–H groups in total. The maximum absolute atomic E-state index is 10.7. The summed E-state index contributed by atoms with van der Waals surface area (Å²) in [6.07, 6.45) is 0.763. The van der Waals surface area contributed by atoms with Gasteiger partial charge in [0.25, 0.3) is 0 Å². The summed E-state index contributed by atoms with van der Waals surface area (Å²) in [4.78, 5) is 10.7. The van der Waals surface area contributed by atoms with Crippen molar-refractivity contribution in [3.63, 3.8) is 0 Å². The van der Waals surface area contributed by atoms with Crippen molar-refractivity contribution in [2.45, 2.75) is 13.3 Å². The lowest BCUT2D eigenvalue weighted by atomic mass is 10.0. The van der Waals surface area contributed by atoms with E-state index in [4.69, 9.17) is 5.73 Å². The van der Waals surface area contributed by atoms with Crippen molar-refractivity contribution in [3.8, 4) is 0 Å². The minimum atomic E-state index is -0.226. The zero-order chi connectivity index (χ0) is 8.27. The molecule has 1 atom stereocenters. The normalized spacial score (nSPS) is 12.8. The predicted molar refractivity (Wildman–Crippen MR) is 46.4 cm³/mol. The average molecular weight is 169 g/mol. The third kappa shape index (κ3) is 2.35. The van der Waals surface area contributed by atoms with Gasteiger partial charge in [-0.2, -0.15) is 11.3 Å². The Bertz CT molecular complexity index is 230. The number of nitrogens with two attached hydrogens (primary N) is 1. The summed E-state index contributed by atoms with van der Waals surface area (Å²) in [6.45, 7) is 1.85. The molecule has 0 aliphatic rings. The first-order chi connectivity index (χ1) is 5.20. The van der Waals surface area contributed by atoms with E-state index in [0.717, 1.165) is 6.42 Å². The maximum Gasteiger partial charge on any atom is 0.220 e. The first kappa shape index (κ1) is 8.27. The highest BCUT2D eigenvalue weighted by atomic mass is 32.1. The molecule has 11 heavy (non-hydrogen) atoms. The summed E-state index contributed by atoms with van der Waals surface area (Å²) in [7, 11) is 0. The van der Waals surface area contributed by atoms with Crippen LogP contribution in [0.5, 0.6) is 0 Å². The first-order valence-electron chi connectivity index (χ1n) is 3.50. The van der Waals surface area contributed by atoms with Gasteiger partial charge in [0.15, 0.2) is 0 Å². The molecule has 1 aromatic heterocycles. The van der Waals surface area contributed by atoms with E-state index in [9.17, 15) is 4.79 Å². The first-order valence-corrected chi connectivity index (χ1v) is 4.45. The van der Waals surface area contributed by atoms with E-state index in [-0.39, 0.29) is 11.8 Å². The minimum Gasteiger partial charge on any atom is -0.369 e. The number of amides is 1. The molecule has 3 heteroatoms. The van der Waals surface area contributed by atoms with Gasteiger partial charge in [0.1, 0.15) is 0 Å². The Hall–Kier alpha value is -0.830. The van der Waals surface area contributed by atoms with Crippen molar-refractivity contribution in [3.05, 3.63) is 22.4 Å². The number of carbonyl (C=O) groups excluding carboxylic acids is 1. The van der Waals surface area contributed by atoms with Crippen molar-refractivity contribution in [2.75, 3.05) is 0 Å². The van der Waals surface area contributed by atoms with E-state index in [1.54, 1.807) is 11.3 Å². The number of primary amides is 1. The maximum atomic E-state index is 10.7. The second kappa shape index (κ2) is 3.53. The van der Waals surface area contributed by atoms with Crippen LogP contribution in [-0.4, -0.2) is 5.91 Å². The van der Waals surface area contributed by atoms with Crippen LogP contribution in [0.1, 0.15) is 12.5 Å². The highest BCUT2D eigenvalue weighted by Gasteiger charge is 2.08. The second-order valence-electron chi connectivity index (χ2n) is 2.64. The van der Waals surface area contributed by atoms with Gasteiger partial charge in [0.05, 0.1) is 0 Å². The lowest BCUT2D eigenvalue weighted by Crippen LogP contribution is -2.21. The standard InChI is InChI=1S/C8H11NOS/c1-6(8(9)10)4-7-2-3-11-5-7/h2-3,5-6H,4H2,1H3,(H2,9,10)/t6-/m1/s1. The molecule has 1 aromatic rings. The molecule has 1 amide bonds. The molecule has 0 unspecified atom stereocenters. The number of hydrogen-bond acceptors (Lipinski definition) is 2. The molecule has 0 spiro atoms. The quantitative estimate of drug-likeness (QED) is 0.730. The summed E-state index contributed by atoms with van der Waals surface area (Å²) in [5.41, 5.74) is 6.31. The predicted octanol–water partition coefficient (Wildman–Crippen LogP) is 1.41. The van der Waals surface area contributed by atoms with Gasteiger partial charge in [-0.15, -0.1) is 0 Å². The molecule has 0 saturated carbocycles. The molecule has 1 heterocycles. The molecule has 0 bridgehead atoms. The summed E-state index contributed by atoms with van der Waals surface area (Å²) in [5.74, 6) is -0.277. The van der Waals surface area contributed by atoms with Gasteiger partial charge in [-0.3, -0.25) is 4.79 Å². The molecular formula is C8H11NOS. The zero-order valence-electron chi connectivity index (χ0n) is 6.41. The van der Waals surface area contributed by atoms with Crippen LogP contribution in [0.15, 0.2) is 16.8 Å². The fraction of sp³-hybridized carbons (Fsp3) is 0.375. The molecule has 0 aromatic carbocycles. The second-order valence-corrected chi connectivity index (χ2v) is 3.42. The number of thiophene rings is 1. The van der Waals surface area contributed by atoms with Crippen molar-refractivity contribution < 1.29 is 4.79 Å². The Morgan fingerprint density at radius 3 is 3.00 bits per heavy atom. The van der Waals surface area contributed by atoms with Crippen molar-refractivity contribution in [1.29, 1.82) is 0 Å². The van der Waals surface area contributed by atoms with Gasteiger partial charge in [-0.05, 0) is 28.8 Å². The smallest absolute Gasteiger partial charge is 0.220 e.